The van der Waals surface area contributed by atoms with Crippen molar-refractivity contribution in [1.29, 1.82) is 0 Å². The van der Waals surface area contributed by atoms with E-state index >= 15 is 0 Å². The second-order valence-electron chi connectivity index (χ2n) is 29.0. The molecule has 0 bridgehead atoms. The highest BCUT2D eigenvalue weighted by Gasteiger charge is 2.22. The molecule has 552 valence electrons. The molecule has 0 saturated heterocycles. The van der Waals surface area contributed by atoms with Crippen LogP contribution in [-0.4, -0.2) is 49.8 Å². The van der Waals surface area contributed by atoms with Gasteiger partial charge in [0.1, 0.15) is 0 Å². The van der Waals surface area contributed by atoms with Crippen LogP contribution in [-0.2, 0) is 0 Å². The van der Waals surface area contributed by atoms with Crippen LogP contribution in [0, 0.1) is 0 Å². The highest BCUT2D eigenvalue weighted by Crippen LogP contribution is 2.46. The van der Waals surface area contributed by atoms with Crippen molar-refractivity contribution in [3.63, 3.8) is 0 Å². The molecule has 118 heavy (non-hydrogen) atoms. The molecule has 12 heteroatoms. The zero-order valence-electron chi connectivity index (χ0n) is 63.4. The average Bonchev–Trinajstić information content (AvgIpc) is 1.52. The maximum atomic E-state index is 5.18. The molecule has 0 atom stereocenters. The van der Waals surface area contributed by atoms with Gasteiger partial charge >= 0.3 is 0 Å². The van der Waals surface area contributed by atoms with Gasteiger partial charge < -0.3 is 0 Å². The van der Waals surface area contributed by atoms with Crippen LogP contribution in [0.4, 0.5) is 0 Å². The lowest BCUT2D eigenvalue weighted by Crippen LogP contribution is -2.00. The Balaban J connectivity index is 0.000000147. The SMILES string of the molecule is c1ccc(-c2ccc(-c3nc(-c4ccccc4)nc(-c4ccc(-c5ccc(-c6cccc(-c7nc8cnccc8c8c7sc7ccccc78)c6)cc5)cc4)n3)cc2)cc1.c1ccc(-c2ccc(-c3nc(-c4ccccc4)nc(-c4ccc(-c5ccc(-c6cccc(-c7nc8ncccc8c8c7sc7ccccc78)c6)cc5)cc4)n3)cc2)cc1. The predicted octanol–water partition coefficient (Wildman–Crippen LogP) is 27.7. The highest BCUT2D eigenvalue weighted by molar-refractivity contribution is 7.27. The molecule has 0 radical (unpaired) electrons. The number of pyridine rings is 4. The molecular formula is C106H66N10S2. The minimum absolute atomic E-state index is 0.632. The summed E-state index contributed by atoms with van der Waals surface area (Å²) in [6.07, 6.45) is 5.55. The average molecular weight is 1540 g/mol. The van der Waals surface area contributed by atoms with E-state index in [4.69, 9.17) is 39.9 Å². The van der Waals surface area contributed by atoms with Crippen molar-refractivity contribution in [1.82, 2.24) is 49.8 Å². The number of thiophene rings is 2. The first-order chi connectivity index (χ1) is 58.4. The van der Waals surface area contributed by atoms with E-state index in [2.05, 4.69) is 313 Å². The van der Waals surface area contributed by atoms with Gasteiger partial charge in [-0.05, 0) is 109 Å². The Morgan fingerprint density at radius 1 is 0.186 bits per heavy atom. The fraction of sp³-hybridized carbons (Fsp3) is 0. The molecule has 0 unspecified atom stereocenters. The smallest absolute Gasteiger partial charge is 0.164 e. The van der Waals surface area contributed by atoms with Crippen LogP contribution in [0.2, 0.25) is 0 Å². The Hall–Kier alpha value is -15.3. The van der Waals surface area contributed by atoms with Crippen molar-refractivity contribution in [2.45, 2.75) is 0 Å². The summed E-state index contributed by atoms with van der Waals surface area (Å²) in [6.45, 7) is 0. The molecule has 0 spiro atoms. The van der Waals surface area contributed by atoms with Crippen LogP contribution < -0.4 is 0 Å². The summed E-state index contributed by atoms with van der Waals surface area (Å²) in [6, 6.07) is 133. The Labute approximate surface area is 688 Å². The number of hydrogen-bond donors (Lipinski definition) is 0. The molecule has 0 N–H and O–H groups in total. The summed E-state index contributed by atoms with van der Waals surface area (Å²) >= 11 is 3.60. The molecule has 0 amide bonds. The summed E-state index contributed by atoms with van der Waals surface area (Å²) in [5, 5.41) is 7.19. The molecule has 0 saturated carbocycles. The van der Waals surface area contributed by atoms with Gasteiger partial charge in [0.15, 0.2) is 40.6 Å². The lowest BCUT2D eigenvalue weighted by Gasteiger charge is -2.10. The summed E-state index contributed by atoms with van der Waals surface area (Å²) in [4.78, 5) is 49.1. The molecular weight excluding hydrogens is 1480 g/mol. The van der Waals surface area contributed by atoms with E-state index in [1.54, 1.807) is 22.7 Å². The standard InChI is InChI=1S/2C53H33N5S/c1-3-11-34(12-4-1)35-24-28-40(29-25-35)51-56-50(39-13-5-2-6-14-39)57-52(58-51)41-30-26-37(27-31-41)36-20-22-38(23-21-36)42-15-9-16-43(33-42)48-49-47(44-17-7-8-19-46(44)59-49)45-18-10-32-54-53(45)55-48;1-3-10-34(11-4-1)35-22-26-40(27-23-35)52-56-51(39-12-5-2-6-13-39)57-53(58-52)41-28-24-37(25-29-41)36-18-20-38(21-19-36)42-14-9-15-43(32-42)49-50-48(44-30-31-54-33-46(44)55-49)45-16-7-8-17-47(45)59-50/h2*1-33H. The lowest BCUT2D eigenvalue weighted by molar-refractivity contribution is 1.07. The quantitative estimate of drug-likeness (QED) is 0.104. The molecule has 10 nitrogen and oxygen atoms in total. The van der Waals surface area contributed by atoms with E-state index < -0.39 is 0 Å². The second-order valence-corrected chi connectivity index (χ2v) is 31.1. The van der Waals surface area contributed by atoms with Crippen molar-refractivity contribution in [2.75, 3.05) is 0 Å². The van der Waals surface area contributed by atoms with Gasteiger partial charge in [-0.3, -0.25) is 4.98 Å². The van der Waals surface area contributed by atoms with E-state index in [0.717, 1.165) is 133 Å². The van der Waals surface area contributed by atoms with Crippen LogP contribution in [0.25, 0.3) is 220 Å². The Kier molecular flexibility index (Phi) is 18.4. The maximum absolute atomic E-state index is 5.18. The predicted molar refractivity (Wildman–Crippen MR) is 488 cm³/mol. The van der Waals surface area contributed by atoms with E-state index in [0.29, 0.717) is 34.9 Å². The number of benzene rings is 14. The van der Waals surface area contributed by atoms with Gasteiger partial charge in [0.05, 0.1) is 32.5 Å². The van der Waals surface area contributed by atoms with Crippen LogP contribution in [0.15, 0.2) is 401 Å². The van der Waals surface area contributed by atoms with Crippen LogP contribution in [0.3, 0.4) is 0 Å². The molecule has 0 fully saturated rings. The van der Waals surface area contributed by atoms with Crippen molar-refractivity contribution in [3.05, 3.63) is 401 Å². The van der Waals surface area contributed by atoms with Gasteiger partial charge in [-0.2, -0.15) is 0 Å². The van der Waals surface area contributed by atoms with Gasteiger partial charge in [-0.15, -0.1) is 22.7 Å². The topological polar surface area (TPSA) is 129 Å². The van der Waals surface area contributed by atoms with Crippen LogP contribution in [0.1, 0.15) is 0 Å². The van der Waals surface area contributed by atoms with E-state index in [9.17, 15) is 0 Å². The highest BCUT2D eigenvalue weighted by atomic mass is 32.1. The van der Waals surface area contributed by atoms with Crippen molar-refractivity contribution in [3.8, 4) is 158 Å². The van der Waals surface area contributed by atoms with Gasteiger partial charge in [0, 0.05) is 98.6 Å². The Morgan fingerprint density at radius 2 is 0.466 bits per heavy atom. The number of hydrogen-bond acceptors (Lipinski definition) is 12. The molecule has 14 aromatic carbocycles. The summed E-state index contributed by atoms with van der Waals surface area (Å²) in [7, 11) is 0. The van der Waals surface area contributed by atoms with Gasteiger partial charge in [-0.1, -0.05) is 340 Å². The summed E-state index contributed by atoms with van der Waals surface area (Å²) in [5.41, 5.74) is 25.1. The van der Waals surface area contributed by atoms with Gasteiger partial charge in [0.25, 0.3) is 0 Å². The maximum Gasteiger partial charge on any atom is 0.164 e. The van der Waals surface area contributed by atoms with Crippen molar-refractivity contribution < 1.29 is 0 Å². The minimum Gasteiger partial charge on any atom is -0.262 e. The van der Waals surface area contributed by atoms with E-state index in [-0.39, 0.29) is 0 Å². The normalized spacial score (nSPS) is 11.4. The van der Waals surface area contributed by atoms with Gasteiger partial charge in [0.2, 0.25) is 0 Å². The number of aromatic nitrogens is 10. The van der Waals surface area contributed by atoms with Crippen molar-refractivity contribution >= 4 is 85.0 Å². The monoisotopic (exact) mass is 1540 g/mol. The molecule has 0 aliphatic carbocycles. The van der Waals surface area contributed by atoms with Gasteiger partial charge in [-0.25, -0.2) is 44.9 Å². The third-order valence-electron chi connectivity index (χ3n) is 21.7. The molecule has 8 heterocycles. The first-order valence-electron chi connectivity index (χ1n) is 39.1. The minimum atomic E-state index is 0.632. The molecule has 22 aromatic rings. The fourth-order valence-corrected chi connectivity index (χ4v) is 18.1. The summed E-state index contributed by atoms with van der Waals surface area (Å²) < 4.78 is 4.89. The number of nitrogens with zero attached hydrogens (tertiary/aromatic N) is 10. The molecule has 0 aliphatic rings. The first-order valence-corrected chi connectivity index (χ1v) is 40.8. The summed E-state index contributed by atoms with van der Waals surface area (Å²) in [5.74, 6) is 3.82. The Bertz CT molecular complexity index is 7030. The lowest BCUT2D eigenvalue weighted by atomic mass is 9.97. The van der Waals surface area contributed by atoms with E-state index in [1.807, 2.05) is 97.5 Å². The van der Waals surface area contributed by atoms with Crippen LogP contribution >= 0.6 is 22.7 Å². The zero-order chi connectivity index (χ0) is 78.2. The molecule has 22 rings (SSSR count). The fourth-order valence-electron chi connectivity index (χ4n) is 15.7. The van der Waals surface area contributed by atoms with Crippen molar-refractivity contribution in [2.24, 2.45) is 0 Å². The van der Waals surface area contributed by atoms with Crippen LogP contribution in [0.5, 0.6) is 0 Å². The first kappa shape index (κ1) is 70.5. The molecule has 8 aromatic heterocycles. The zero-order valence-corrected chi connectivity index (χ0v) is 65.0. The van der Waals surface area contributed by atoms with E-state index in [1.165, 1.54) is 51.5 Å². The Morgan fingerprint density at radius 3 is 0.847 bits per heavy atom. The number of fused-ring (bicyclic) bond motifs is 10. The molecule has 0 aliphatic heterocycles. The third-order valence-corrected chi connectivity index (χ3v) is 24.0. The number of rotatable bonds is 14. The largest absolute Gasteiger partial charge is 0.262 e. The third kappa shape index (κ3) is 13.9. The second kappa shape index (κ2) is 30.9.